The fourth-order valence-electron chi connectivity index (χ4n) is 2.51. The molecule has 0 unspecified atom stereocenters. The summed E-state index contributed by atoms with van der Waals surface area (Å²) in [5.41, 5.74) is 7.97. The second-order valence-electron chi connectivity index (χ2n) is 5.68. The van der Waals surface area contributed by atoms with Crippen molar-refractivity contribution in [3.63, 3.8) is 0 Å². The maximum atomic E-state index is 5.95. The van der Waals surface area contributed by atoms with Crippen molar-refractivity contribution < 1.29 is 4.52 Å². The maximum Gasteiger partial charge on any atom is 0.172 e. The first kappa shape index (κ1) is 14.1. The summed E-state index contributed by atoms with van der Waals surface area (Å²) in [6.07, 6.45) is 0.864. The molecule has 0 amide bonds. The average Bonchev–Trinajstić information content (AvgIpc) is 2.79. The van der Waals surface area contributed by atoms with E-state index in [9.17, 15) is 0 Å². The number of anilines is 1. The lowest BCUT2D eigenvalue weighted by atomic mass is 9.98. The molecule has 1 heterocycles. The van der Waals surface area contributed by atoms with E-state index in [1.165, 1.54) is 10.8 Å². The van der Waals surface area contributed by atoms with Crippen LogP contribution in [0.25, 0.3) is 22.1 Å². The van der Waals surface area contributed by atoms with Crippen LogP contribution in [0.2, 0.25) is 0 Å². The number of hydrogen-bond donors (Lipinski definition) is 1. The smallest absolute Gasteiger partial charge is 0.172 e. The van der Waals surface area contributed by atoms with Crippen molar-refractivity contribution in [1.82, 2.24) is 5.16 Å². The van der Waals surface area contributed by atoms with Crippen molar-refractivity contribution in [1.29, 1.82) is 0 Å². The monoisotopic (exact) mass is 344 g/mol. The summed E-state index contributed by atoms with van der Waals surface area (Å²) in [6, 6.07) is 12.5. The quantitative estimate of drug-likeness (QED) is 0.724. The minimum atomic E-state index is 0.495. The largest absolute Gasteiger partial charge is 0.381 e. The Morgan fingerprint density at radius 1 is 1.14 bits per heavy atom. The van der Waals surface area contributed by atoms with Crippen LogP contribution in [0.3, 0.4) is 0 Å². The predicted molar refractivity (Wildman–Crippen MR) is 90.1 cm³/mol. The van der Waals surface area contributed by atoms with E-state index in [2.05, 4.69) is 65.3 Å². The maximum absolute atomic E-state index is 5.95. The zero-order valence-corrected chi connectivity index (χ0v) is 13.6. The Morgan fingerprint density at radius 2 is 1.86 bits per heavy atom. The van der Waals surface area contributed by atoms with E-state index in [0.717, 1.165) is 27.8 Å². The molecule has 0 radical (unpaired) electrons. The fraction of sp³-hybridized carbons (Fsp3) is 0.235. The number of rotatable bonds is 3. The van der Waals surface area contributed by atoms with Crippen LogP contribution in [0, 0.1) is 5.92 Å². The normalized spacial score (nSPS) is 11.4. The second kappa shape index (κ2) is 5.53. The first-order valence-corrected chi connectivity index (χ1v) is 7.77. The van der Waals surface area contributed by atoms with Gasteiger partial charge in [0.05, 0.1) is 0 Å². The molecular formula is C17H17BrN2O. The molecule has 3 aromatic rings. The number of nitrogens with two attached hydrogens (primary N) is 1. The molecular weight excluding hydrogens is 328 g/mol. The molecule has 0 saturated heterocycles. The molecule has 0 atom stereocenters. The molecule has 4 heteroatoms. The van der Waals surface area contributed by atoms with Crippen molar-refractivity contribution >= 4 is 32.5 Å². The number of nitrogens with zero attached hydrogens (tertiary/aromatic N) is 1. The summed E-state index contributed by atoms with van der Waals surface area (Å²) >= 11 is 3.49. The topological polar surface area (TPSA) is 52.0 Å². The SMILES string of the molecule is CC(C)Cc1c(N)noc1-c1ccc2cc(Br)ccc2c1. The second-order valence-corrected chi connectivity index (χ2v) is 6.60. The van der Waals surface area contributed by atoms with Gasteiger partial charge in [-0.1, -0.05) is 53.1 Å². The van der Waals surface area contributed by atoms with Crippen molar-refractivity contribution in [3.05, 3.63) is 46.4 Å². The summed E-state index contributed by atoms with van der Waals surface area (Å²) in [7, 11) is 0. The third-order valence-electron chi connectivity index (χ3n) is 3.50. The third kappa shape index (κ3) is 2.81. The minimum Gasteiger partial charge on any atom is -0.381 e. The van der Waals surface area contributed by atoms with Gasteiger partial charge in [0.25, 0.3) is 0 Å². The van der Waals surface area contributed by atoms with Gasteiger partial charge < -0.3 is 10.3 Å². The van der Waals surface area contributed by atoms with Gasteiger partial charge in [-0.3, -0.25) is 0 Å². The lowest BCUT2D eigenvalue weighted by molar-refractivity contribution is 0.434. The molecule has 0 aliphatic rings. The standard InChI is InChI=1S/C17H17BrN2O/c1-10(2)7-15-16(21-20-17(15)19)13-4-3-12-9-14(18)6-5-11(12)8-13/h3-6,8-10H,7H2,1-2H3,(H2,19,20). The highest BCUT2D eigenvalue weighted by Gasteiger charge is 2.17. The van der Waals surface area contributed by atoms with Gasteiger partial charge in [-0.05, 0) is 41.3 Å². The molecule has 0 bridgehead atoms. The third-order valence-corrected chi connectivity index (χ3v) is 3.99. The Kier molecular flexibility index (Phi) is 3.72. The van der Waals surface area contributed by atoms with Crippen molar-refractivity contribution in [2.75, 3.05) is 5.73 Å². The van der Waals surface area contributed by atoms with Crippen LogP contribution in [-0.4, -0.2) is 5.16 Å². The molecule has 0 saturated carbocycles. The van der Waals surface area contributed by atoms with E-state index in [0.29, 0.717) is 11.7 Å². The molecule has 3 rings (SSSR count). The number of benzene rings is 2. The van der Waals surface area contributed by atoms with E-state index in [1.807, 2.05) is 6.07 Å². The summed E-state index contributed by atoms with van der Waals surface area (Å²) in [6.45, 7) is 4.32. The van der Waals surface area contributed by atoms with Crippen LogP contribution in [0.1, 0.15) is 19.4 Å². The van der Waals surface area contributed by atoms with Gasteiger partial charge in [0.15, 0.2) is 11.6 Å². The van der Waals surface area contributed by atoms with Crippen LogP contribution >= 0.6 is 15.9 Å². The van der Waals surface area contributed by atoms with Gasteiger partial charge in [-0.15, -0.1) is 0 Å². The number of fused-ring (bicyclic) bond motifs is 1. The van der Waals surface area contributed by atoms with Gasteiger partial charge in [-0.25, -0.2) is 0 Å². The van der Waals surface area contributed by atoms with Gasteiger partial charge in [0.2, 0.25) is 0 Å². The van der Waals surface area contributed by atoms with Gasteiger partial charge in [0.1, 0.15) is 0 Å². The van der Waals surface area contributed by atoms with Crippen molar-refractivity contribution in [3.8, 4) is 11.3 Å². The van der Waals surface area contributed by atoms with Gasteiger partial charge in [0, 0.05) is 15.6 Å². The first-order valence-electron chi connectivity index (χ1n) is 6.98. The Labute approximate surface area is 132 Å². The summed E-state index contributed by atoms with van der Waals surface area (Å²) in [5, 5.41) is 6.29. The van der Waals surface area contributed by atoms with Crippen LogP contribution in [0.4, 0.5) is 5.82 Å². The minimum absolute atomic E-state index is 0.495. The van der Waals surface area contributed by atoms with E-state index in [1.54, 1.807) is 0 Å². The molecule has 108 valence electrons. The molecule has 0 aliphatic heterocycles. The molecule has 1 aromatic heterocycles. The predicted octanol–water partition coefficient (Wildman–Crippen LogP) is 5.04. The number of aromatic nitrogens is 1. The first-order chi connectivity index (χ1) is 10.0. The highest BCUT2D eigenvalue weighted by molar-refractivity contribution is 9.10. The summed E-state index contributed by atoms with van der Waals surface area (Å²) in [4.78, 5) is 0. The molecule has 2 N–H and O–H groups in total. The Morgan fingerprint density at radius 3 is 2.62 bits per heavy atom. The Balaban J connectivity index is 2.10. The van der Waals surface area contributed by atoms with Crippen LogP contribution in [0.5, 0.6) is 0 Å². The molecule has 0 fully saturated rings. The van der Waals surface area contributed by atoms with E-state index in [-0.39, 0.29) is 0 Å². The lowest BCUT2D eigenvalue weighted by Gasteiger charge is -2.06. The average molecular weight is 345 g/mol. The van der Waals surface area contributed by atoms with E-state index in [4.69, 9.17) is 10.3 Å². The zero-order valence-electron chi connectivity index (χ0n) is 12.1. The highest BCUT2D eigenvalue weighted by atomic mass is 79.9. The lowest BCUT2D eigenvalue weighted by Crippen LogP contribution is -1.98. The van der Waals surface area contributed by atoms with E-state index < -0.39 is 0 Å². The number of halogens is 1. The Bertz CT molecular complexity index is 793. The van der Waals surface area contributed by atoms with Crippen molar-refractivity contribution in [2.24, 2.45) is 5.92 Å². The van der Waals surface area contributed by atoms with E-state index >= 15 is 0 Å². The zero-order chi connectivity index (χ0) is 15.0. The molecule has 0 spiro atoms. The van der Waals surface area contributed by atoms with Gasteiger partial charge >= 0.3 is 0 Å². The fourth-order valence-corrected chi connectivity index (χ4v) is 2.89. The molecule has 21 heavy (non-hydrogen) atoms. The molecule has 2 aromatic carbocycles. The van der Waals surface area contributed by atoms with Crippen LogP contribution in [0.15, 0.2) is 45.4 Å². The number of nitrogen functional groups attached to an aromatic ring is 1. The van der Waals surface area contributed by atoms with Crippen LogP contribution in [-0.2, 0) is 6.42 Å². The number of hydrogen-bond acceptors (Lipinski definition) is 3. The summed E-state index contributed by atoms with van der Waals surface area (Å²) < 4.78 is 6.55. The molecule has 3 nitrogen and oxygen atoms in total. The highest BCUT2D eigenvalue weighted by Crippen LogP contribution is 2.32. The van der Waals surface area contributed by atoms with Crippen molar-refractivity contribution in [2.45, 2.75) is 20.3 Å². The Hall–Kier alpha value is -1.81. The summed E-state index contributed by atoms with van der Waals surface area (Å²) in [5.74, 6) is 1.78. The van der Waals surface area contributed by atoms with Crippen LogP contribution < -0.4 is 5.73 Å². The molecule has 0 aliphatic carbocycles. The van der Waals surface area contributed by atoms with Gasteiger partial charge in [-0.2, -0.15) is 0 Å².